The number of hydrogen-bond donors (Lipinski definition) is 1. The molecule has 0 radical (unpaired) electrons. The Balaban J connectivity index is 2.57. The second-order valence-corrected chi connectivity index (χ2v) is 6.38. The van der Waals surface area contributed by atoms with E-state index in [2.05, 4.69) is 13.8 Å². The van der Waals surface area contributed by atoms with Gasteiger partial charge in [-0.15, -0.1) is 11.8 Å². The van der Waals surface area contributed by atoms with Crippen molar-refractivity contribution in [2.24, 2.45) is 0 Å². The van der Waals surface area contributed by atoms with E-state index >= 15 is 0 Å². The van der Waals surface area contributed by atoms with Gasteiger partial charge in [-0.1, -0.05) is 38.8 Å². The minimum absolute atomic E-state index is 0.225. The molecule has 0 bridgehead atoms. The van der Waals surface area contributed by atoms with Crippen molar-refractivity contribution in [3.05, 3.63) is 23.8 Å². The monoisotopic (exact) mass is 308 g/mol. The van der Waals surface area contributed by atoms with Gasteiger partial charge in [0.2, 0.25) is 5.91 Å². The zero-order valence-electron chi connectivity index (χ0n) is 13.5. The van der Waals surface area contributed by atoms with Gasteiger partial charge in [-0.25, -0.2) is 0 Å². The number of hydrogen-bond acceptors (Lipinski definition) is 3. The average molecular weight is 308 g/mol. The first kappa shape index (κ1) is 17.9. The topological polar surface area (TPSA) is 46.3 Å². The Morgan fingerprint density at radius 3 is 2.38 bits per heavy atom. The second kappa shape index (κ2) is 9.72. The highest BCUT2D eigenvalue weighted by molar-refractivity contribution is 8.00. The largest absolute Gasteiger partial charge is 0.398 e. The number of para-hydroxylation sites is 1. The molecule has 21 heavy (non-hydrogen) atoms. The third-order valence-corrected chi connectivity index (χ3v) is 4.61. The highest BCUT2D eigenvalue weighted by Crippen LogP contribution is 2.27. The molecule has 0 aliphatic rings. The summed E-state index contributed by atoms with van der Waals surface area (Å²) in [6.07, 6.45) is 4.39. The molecule has 0 spiro atoms. The zero-order chi connectivity index (χ0) is 15.7. The molecule has 3 nitrogen and oxygen atoms in total. The summed E-state index contributed by atoms with van der Waals surface area (Å²) in [6.45, 7) is 8.06. The van der Waals surface area contributed by atoms with E-state index < -0.39 is 0 Å². The summed E-state index contributed by atoms with van der Waals surface area (Å²) in [6, 6.07) is 5.98. The highest BCUT2D eigenvalue weighted by Gasteiger charge is 2.13. The Labute approximate surface area is 133 Å². The predicted molar refractivity (Wildman–Crippen MR) is 92.7 cm³/mol. The van der Waals surface area contributed by atoms with Gasteiger partial charge in [0.1, 0.15) is 0 Å². The molecule has 0 saturated carbocycles. The van der Waals surface area contributed by atoms with Crippen LogP contribution < -0.4 is 5.73 Å². The van der Waals surface area contributed by atoms with E-state index in [1.165, 1.54) is 0 Å². The van der Waals surface area contributed by atoms with Crippen LogP contribution in [0.1, 0.15) is 45.1 Å². The summed E-state index contributed by atoms with van der Waals surface area (Å²) < 4.78 is 0. The van der Waals surface area contributed by atoms with Crippen LogP contribution in [0.2, 0.25) is 0 Å². The molecule has 0 unspecified atom stereocenters. The van der Waals surface area contributed by atoms with E-state index in [-0.39, 0.29) is 5.91 Å². The number of unbranched alkanes of at least 4 members (excludes halogenated alkanes) is 2. The first-order valence-electron chi connectivity index (χ1n) is 7.85. The van der Waals surface area contributed by atoms with Crippen LogP contribution in [0.25, 0.3) is 0 Å². The fraction of sp³-hybridized carbons (Fsp3) is 0.588. The van der Waals surface area contributed by atoms with Gasteiger partial charge < -0.3 is 10.6 Å². The number of carbonyl (C=O) groups excluding carboxylic acids is 1. The fourth-order valence-corrected chi connectivity index (χ4v) is 3.02. The number of anilines is 1. The van der Waals surface area contributed by atoms with Gasteiger partial charge in [0, 0.05) is 23.7 Å². The molecule has 1 amide bonds. The zero-order valence-corrected chi connectivity index (χ0v) is 14.3. The van der Waals surface area contributed by atoms with Crippen LogP contribution >= 0.6 is 11.8 Å². The summed E-state index contributed by atoms with van der Waals surface area (Å²) in [5, 5.41) is 0. The molecule has 1 aromatic carbocycles. The maximum absolute atomic E-state index is 12.4. The summed E-state index contributed by atoms with van der Waals surface area (Å²) in [5.41, 5.74) is 7.93. The Hall–Kier alpha value is -1.16. The van der Waals surface area contributed by atoms with E-state index in [1.807, 2.05) is 30.0 Å². The molecule has 0 heterocycles. The quantitative estimate of drug-likeness (QED) is 0.552. The number of aryl methyl sites for hydroxylation is 1. The van der Waals surface area contributed by atoms with Crippen LogP contribution in [0.4, 0.5) is 5.69 Å². The van der Waals surface area contributed by atoms with Crippen LogP contribution in [0.15, 0.2) is 23.1 Å². The average Bonchev–Trinajstić information content (AvgIpc) is 2.48. The molecule has 0 fully saturated rings. The molecular formula is C17H28N2OS. The van der Waals surface area contributed by atoms with Crippen molar-refractivity contribution >= 4 is 23.4 Å². The van der Waals surface area contributed by atoms with Crippen molar-refractivity contribution in [2.45, 2.75) is 51.3 Å². The second-order valence-electron chi connectivity index (χ2n) is 5.36. The van der Waals surface area contributed by atoms with Gasteiger partial charge in [-0.2, -0.15) is 0 Å². The third-order valence-electron chi connectivity index (χ3n) is 3.55. The molecule has 0 aliphatic heterocycles. The molecule has 2 N–H and O–H groups in total. The summed E-state index contributed by atoms with van der Waals surface area (Å²) >= 11 is 1.55. The lowest BCUT2D eigenvalue weighted by molar-refractivity contribution is -0.128. The molecule has 0 aromatic heterocycles. The molecule has 0 saturated heterocycles. The summed E-state index contributed by atoms with van der Waals surface area (Å²) in [7, 11) is 0. The van der Waals surface area contributed by atoms with Crippen molar-refractivity contribution in [1.29, 1.82) is 0 Å². The third kappa shape index (κ3) is 6.00. The van der Waals surface area contributed by atoms with Gasteiger partial charge in [-0.3, -0.25) is 4.79 Å². The first-order valence-corrected chi connectivity index (χ1v) is 8.84. The van der Waals surface area contributed by atoms with E-state index in [4.69, 9.17) is 5.73 Å². The van der Waals surface area contributed by atoms with E-state index in [1.54, 1.807) is 11.8 Å². The maximum atomic E-state index is 12.4. The lowest BCUT2D eigenvalue weighted by Gasteiger charge is -2.22. The Morgan fingerprint density at radius 1 is 1.19 bits per heavy atom. The van der Waals surface area contributed by atoms with E-state index in [9.17, 15) is 4.79 Å². The van der Waals surface area contributed by atoms with E-state index in [0.29, 0.717) is 5.75 Å². The van der Waals surface area contributed by atoms with Crippen LogP contribution in [-0.4, -0.2) is 29.6 Å². The van der Waals surface area contributed by atoms with Gasteiger partial charge in [-0.05, 0) is 31.4 Å². The summed E-state index contributed by atoms with van der Waals surface area (Å²) in [4.78, 5) is 15.4. The molecule has 1 aromatic rings. The van der Waals surface area contributed by atoms with Crippen molar-refractivity contribution in [3.63, 3.8) is 0 Å². The lowest BCUT2D eigenvalue weighted by Crippen LogP contribution is -2.34. The Bertz CT molecular complexity index is 440. The lowest BCUT2D eigenvalue weighted by atomic mass is 10.2. The van der Waals surface area contributed by atoms with Crippen molar-refractivity contribution in [2.75, 3.05) is 24.6 Å². The van der Waals surface area contributed by atoms with Crippen molar-refractivity contribution in [1.82, 2.24) is 4.90 Å². The standard InChI is InChI=1S/C17H28N2OS/c1-4-6-11-19(12-7-5-2)16(20)13-21-15-10-8-9-14(3)17(15)18/h8-10H,4-7,11-13,18H2,1-3H3. The molecule has 0 atom stereocenters. The molecule has 0 aliphatic carbocycles. The van der Waals surface area contributed by atoms with Crippen LogP contribution in [0, 0.1) is 6.92 Å². The van der Waals surface area contributed by atoms with Crippen LogP contribution in [0.5, 0.6) is 0 Å². The molecule has 118 valence electrons. The predicted octanol–water partition coefficient (Wildman–Crippen LogP) is 4.10. The van der Waals surface area contributed by atoms with Gasteiger partial charge >= 0.3 is 0 Å². The Morgan fingerprint density at radius 2 is 1.81 bits per heavy atom. The fourth-order valence-electron chi connectivity index (χ4n) is 2.07. The number of amides is 1. The Kier molecular flexibility index (Phi) is 8.28. The smallest absolute Gasteiger partial charge is 0.232 e. The number of rotatable bonds is 9. The van der Waals surface area contributed by atoms with Crippen molar-refractivity contribution < 1.29 is 4.79 Å². The number of nitrogens with two attached hydrogens (primary N) is 1. The number of nitrogen functional groups attached to an aromatic ring is 1. The minimum atomic E-state index is 0.225. The highest BCUT2D eigenvalue weighted by atomic mass is 32.2. The SMILES string of the molecule is CCCCN(CCCC)C(=O)CSc1cccc(C)c1N. The van der Waals surface area contributed by atoms with Gasteiger partial charge in [0.25, 0.3) is 0 Å². The number of nitrogens with zero attached hydrogens (tertiary/aromatic N) is 1. The van der Waals surface area contributed by atoms with Crippen LogP contribution in [-0.2, 0) is 4.79 Å². The van der Waals surface area contributed by atoms with Gasteiger partial charge in [0.15, 0.2) is 0 Å². The van der Waals surface area contributed by atoms with Crippen LogP contribution in [0.3, 0.4) is 0 Å². The number of carbonyl (C=O) groups is 1. The maximum Gasteiger partial charge on any atom is 0.232 e. The summed E-state index contributed by atoms with van der Waals surface area (Å²) in [5.74, 6) is 0.698. The minimum Gasteiger partial charge on any atom is -0.398 e. The van der Waals surface area contributed by atoms with Gasteiger partial charge in [0.05, 0.1) is 5.75 Å². The molecule has 1 rings (SSSR count). The number of thioether (sulfide) groups is 1. The first-order chi connectivity index (χ1) is 10.1. The molecule has 4 heteroatoms. The van der Waals surface area contributed by atoms with Crippen molar-refractivity contribution in [3.8, 4) is 0 Å². The normalized spacial score (nSPS) is 10.6. The van der Waals surface area contributed by atoms with E-state index in [0.717, 1.165) is 54.9 Å². The molecular weight excluding hydrogens is 280 g/mol. The number of benzene rings is 1.